The highest BCUT2D eigenvalue weighted by molar-refractivity contribution is 14.0. The summed E-state index contributed by atoms with van der Waals surface area (Å²) in [4.78, 5) is 16.8. The van der Waals surface area contributed by atoms with E-state index in [1.807, 2.05) is 41.5 Å². The van der Waals surface area contributed by atoms with E-state index in [4.69, 9.17) is 9.47 Å². The molecule has 0 spiro atoms. The Morgan fingerprint density at radius 1 is 1.03 bits per heavy atom. The van der Waals surface area contributed by atoms with Crippen LogP contribution in [0.5, 0.6) is 0 Å². The number of halogens is 1. The predicted molar refractivity (Wildman–Crippen MR) is 133 cm³/mol. The third kappa shape index (κ3) is 15.9. The van der Waals surface area contributed by atoms with Gasteiger partial charge in [0, 0.05) is 19.3 Å². The number of carbonyl (C=O) groups excluding carboxylic acids is 1. The molecule has 0 radical (unpaired) electrons. The second-order valence-electron chi connectivity index (χ2n) is 7.98. The van der Waals surface area contributed by atoms with Crippen LogP contribution < -0.4 is 16.0 Å². The Bertz CT molecular complexity index is 617. The Balaban J connectivity index is 0. The first-order chi connectivity index (χ1) is 13.4. The van der Waals surface area contributed by atoms with Gasteiger partial charge >= 0.3 is 6.09 Å². The minimum atomic E-state index is -3.01. The van der Waals surface area contributed by atoms with Gasteiger partial charge in [0.25, 0.3) is 0 Å². The SMILES string of the molecule is CCNC(=NCC(CC)(CC)NC(=O)OC(C)(C)C)NCCOCCS(C)(=O)=O.I. The van der Waals surface area contributed by atoms with E-state index >= 15 is 0 Å². The first-order valence-corrected chi connectivity index (χ1v) is 12.2. The summed E-state index contributed by atoms with van der Waals surface area (Å²) >= 11 is 0. The molecule has 0 saturated heterocycles. The van der Waals surface area contributed by atoms with Gasteiger partial charge < -0.3 is 25.4 Å². The molecule has 0 aliphatic carbocycles. The highest BCUT2D eigenvalue weighted by Gasteiger charge is 2.30. The summed E-state index contributed by atoms with van der Waals surface area (Å²) in [5.41, 5.74) is -1.06. The van der Waals surface area contributed by atoms with E-state index in [1.54, 1.807) is 0 Å². The van der Waals surface area contributed by atoms with Gasteiger partial charge in [-0.1, -0.05) is 13.8 Å². The smallest absolute Gasteiger partial charge is 0.408 e. The van der Waals surface area contributed by atoms with Gasteiger partial charge in [-0.25, -0.2) is 13.2 Å². The first kappa shape index (κ1) is 31.4. The number of carbonyl (C=O) groups is 1. The van der Waals surface area contributed by atoms with Crippen molar-refractivity contribution < 1.29 is 22.7 Å². The molecule has 0 aliphatic rings. The molecule has 30 heavy (non-hydrogen) atoms. The van der Waals surface area contributed by atoms with Crippen LogP contribution in [0.25, 0.3) is 0 Å². The summed E-state index contributed by atoms with van der Waals surface area (Å²) in [6.45, 7) is 13.6. The zero-order chi connectivity index (χ0) is 22.6. The molecule has 0 aliphatic heterocycles. The number of sulfone groups is 1. The van der Waals surface area contributed by atoms with E-state index in [1.165, 1.54) is 6.26 Å². The number of hydrogen-bond donors (Lipinski definition) is 3. The Morgan fingerprint density at radius 2 is 1.63 bits per heavy atom. The number of amides is 1. The molecule has 0 aromatic carbocycles. The quantitative estimate of drug-likeness (QED) is 0.144. The van der Waals surface area contributed by atoms with Crippen LogP contribution >= 0.6 is 24.0 Å². The zero-order valence-electron chi connectivity index (χ0n) is 19.5. The van der Waals surface area contributed by atoms with E-state index < -0.39 is 27.1 Å². The molecule has 0 aromatic rings. The predicted octanol–water partition coefficient (Wildman–Crippen LogP) is 2.30. The molecule has 0 aromatic heterocycles. The normalized spacial score (nSPS) is 12.7. The van der Waals surface area contributed by atoms with E-state index in [2.05, 4.69) is 20.9 Å². The van der Waals surface area contributed by atoms with Crippen LogP contribution in [-0.4, -0.2) is 76.5 Å². The van der Waals surface area contributed by atoms with Crippen molar-refractivity contribution in [3.05, 3.63) is 0 Å². The maximum absolute atomic E-state index is 12.2. The average Bonchev–Trinajstić information content (AvgIpc) is 2.58. The van der Waals surface area contributed by atoms with Gasteiger partial charge in [-0.15, -0.1) is 24.0 Å². The largest absolute Gasteiger partial charge is 0.444 e. The number of hydrogen-bond acceptors (Lipinski definition) is 6. The van der Waals surface area contributed by atoms with Gasteiger partial charge in [-0.3, -0.25) is 4.99 Å². The molecule has 0 atom stereocenters. The fraction of sp³-hybridized carbons (Fsp3) is 0.895. The lowest BCUT2D eigenvalue weighted by atomic mass is 9.93. The molecule has 0 saturated carbocycles. The molecule has 3 N–H and O–H groups in total. The molecule has 9 nitrogen and oxygen atoms in total. The number of rotatable bonds is 12. The van der Waals surface area contributed by atoms with E-state index in [0.29, 0.717) is 45.0 Å². The molecular weight excluding hydrogens is 523 g/mol. The number of nitrogens with one attached hydrogen (secondary N) is 3. The van der Waals surface area contributed by atoms with Crippen LogP contribution in [0.15, 0.2) is 4.99 Å². The minimum Gasteiger partial charge on any atom is -0.444 e. The Hall–Kier alpha value is -0.820. The number of alkyl carbamates (subject to hydrolysis) is 1. The topological polar surface area (TPSA) is 118 Å². The lowest BCUT2D eigenvalue weighted by Crippen LogP contribution is -2.52. The van der Waals surface area contributed by atoms with Gasteiger partial charge in [-0.2, -0.15) is 0 Å². The molecule has 0 rings (SSSR count). The fourth-order valence-electron chi connectivity index (χ4n) is 2.34. The van der Waals surface area contributed by atoms with E-state index in [0.717, 1.165) is 0 Å². The third-order valence-electron chi connectivity index (χ3n) is 4.14. The third-order valence-corrected chi connectivity index (χ3v) is 5.05. The number of aliphatic imine (C=N–C) groups is 1. The van der Waals surface area contributed by atoms with Crippen LogP contribution in [0.2, 0.25) is 0 Å². The molecule has 1 amide bonds. The number of ether oxygens (including phenoxy) is 2. The van der Waals surface area contributed by atoms with Crippen LogP contribution in [-0.2, 0) is 19.3 Å². The standard InChI is InChI=1S/C19H40N4O5S.HI/c1-8-19(9-2,23-17(24)28-18(4,5)6)15-22-16(20-10-3)21-11-12-27-13-14-29(7,25)26;/h8-15H2,1-7H3,(H,23,24)(H2,20,21,22);1H. The van der Waals surface area contributed by atoms with Crippen molar-refractivity contribution in [1.82, 2.24) is 16.0 Å². The summed E-state index contributed by atoms with van der Waals surface area (Å²) in [5, 5.41) is 9.28. The minimum absolute atomic E-state index is 0. The van der Waals surface area contributed by atoms with Crippen molar-refractivity contribution in [3.8, 4) is 0 Å². The second-order valence-corrected chi connectivity index (χ2v) is 10.2. The van der Waals surface area contributed by atoms with Crippen molar-refractivity contribution >= 4 is 45.9 Å². The van der Waals surface area contributed by atoms with Crippen LogP contribution in [0, 0.1) is 0 Å². The average molecular weight is 565 g/mol. The van der Waals surface area contributed by atoms with Crippen molar-refractivity contribution in [2.45, 2.75) is 65.5 Å². The van der Waals surface area contributed by atoms with Gasteiger partial charge in [0.1, 0.15) is 15.4 Å². The second kappa shape index (κ2) is 15.1. The molecule has 0 bridgehead atoms. The Kier molecular flexibility index (Phi) is 15.7. The summed E-state index contributed by atoms with van der Waals surface area (Å²) in [5.74, 6) is 0.615. The highest BCUT2D eigenvalue weighted by atomic mass is 127. The Labute approximate surface area is 199 Å². The molecule has 0 unspecified atom stereocenters. The monoisotopic (exact) mass is 564 g/mol. The van der Waals surface area contributed by atoms with Gasteiger partial charge in [0.15, 0.2) is 5.96 Å². The van der Waals surface area contributed by atoms with Crippen LogP contribution in [0.1, 0.15) is 54.4 Å². The zero-order valence-corrected chi connectivity index (χ0v) is 22.6. The Morgan fingerprint density at radius 3 is 2.10 bits per heavy atom. The lowest BCUT2D eigenvalue weighted by Gasteiger charge is -2.32. The number of nitrogens with zero attached hydrogens (tertiary/aromatic N) is 1. The maximum atomic E-state index is 12.2. The summed E-state index contributed by atoms with van der Waals surface area (Å²) in [6, 6.07) is 0. The van der Waals surface area contributed by atoms with E-state index in [9.17, 15) is 13.2 Å². The molecule has 180 valence electrons. The molecule has 0 fully saturated rings. The highest BCUT2D eigenvalue weighted by Crippen LogP contribution is 2.17. The summed E-state index contributed by atoms with van der Waals surface area (Å²) < 4.78 is 32.9. The summed E-state index contributed by atoms with van der Waals surface area (Å²) in [6.07, 6.45) is 2.15. The summed E-state index contributed by atoms with van der Waals surface area (Å²) in [7, 11) is -3.01. The molecule has 0 heterocycles. The van der Waals surface area contributed by atoms with Crippen LogP contribution in [0.3, 0.4) is 0 Å². The van der Waals surface area contributed by atoms with E-state index in [-0.39, 0.29) is 36.3 Å². The fourth-order valence-corrected chi connectivity index (χ4v) is 2.76. The number of guanidine groups is 1. The lowest BCUT2D eigenvalue weighted by molar-refractivity contribution is 0.0452. The van der Waals surface area contributed by atoms with Crippen molar-refractivity contribution in [2.24, 2.45) is 4.99 Å². The van der Waals surface area contributed by atoms with Gasteiger partial charge in [0.05, 0.1) is 31.1 Å². The molecule has 11 heteroatoms. The molecular formula is C19H41IN4O5S. The van der Waals surface area contributed by atoms with Gasteiger partial charge in [0.2, 0.25) is 0 Å². The van der Waals surface area contributed by atoms with Gasteiger partial charge in [-0.05, 0) is 40.5 Å². The maximum Gasteiger partial charge on any atom is 0.408 e. The van der Waals surface area contributed by atoms with Crippen molar-refractivity contribution in [1.29, 1.82) is 0 Å². The van der Waals surface area contributed by atoms with Crippen LogP contribution in [0.4, 0.5) is 4.79 Å². The van der Waals surface area contributed by atoms with Crippen molar-refractivity contribution in [2.75, 3.05) is 44.9 Å². The first-order valence-electron chi connectivity index (χ1n) is 10.1. The van der Waals surface area contributed by atoms with Crippen molar-refractivity contribution in [3.63, 3.8) is 0 Å².